The van der Waals surface area contributed by atoms with Crippen molar-refractivity contribution in [2.24, 2.45) is 5.92 Å². The number of carbonyl (C=O) groups is 1. The SMILES string of the molecule is O=C(Nc1cn[nH]c1-c1ccccc1)C1CC1. The predicted octanol–water partition coefficient (Wildman–Crippen LogP) is 2.43. The van der Waals surface area contributed by atoms with Crippen molar-refractivity contribution in [3.63, 3.8) is 0 Å². The number of rotatable bonds is 3. The Kier molecular flexibility index (Phi) is 2.40. The maximum Gasteiger partial charge on any atom is 0.227 e. The summed E-state index contributed by atoms with van der Waals surface area (Å²) in [5.74, 6) is 0.303. The number of hydrogen-bond donors (Lipinski definition) is 2. The van der Waals surface area contributed by atoms with Crippen molar-refractivity contribution in [1.29, 1.82) is 0 Å². The molecule has 3 rings (SSSR count). The van der Waals surface area contributed by atoms with Gasteiger partial charge in [-0.2, -0.15) is 5.10 Å². The molecule has 0 atom stereocenters. The number of H-pyrrole nitrogens is 1. The molecule has 1 aromatic heterocycles. The minimum atomic E-state index is 0.101. The van der Waals surface area contributed by atoms with E-state index >= 15 is 0 Å². The lowest BCUT2D eigenvalue weighted by molar-refractivity contribution is -0.117. The lowest BCUT2D eigenvalue weighted by atomic mass is 10.1. The quantitative estimate of drug-likeness (QED) is 0.846. The second-order valence-electron chi connectivity index (χ2n) is 4.29. The second-order valence-corrected chi connectivity index (χ2v) is 4.29. The molecule has 4 nitrogen and oxygen atoms in total. The van der Waals surface area contributed by atoms with Crippen LogP contribution in [0.2, 0.25) is 0 Å². The van der Waals surface area contributed by atoms with Crippen LogP contribution in [0.1, 0.15) is 12.8 Å². The van der Waals surface area contributed by atoms with Gasteiger partial charge in [0.15, 0.2) is 0 Å². The molecule has 1 aliphatic carbocycles. The zero-order chi connectivity index (χ0) is 11.7. The molecule has 1 aliphatic rings. The van der Waals surface area contributed by atoms with Gasteiger partial charge in [-0.05, 0) is 12.8 Å². The molecule has 0 saturated heterocycles. The first-order valence-electron chi connectivity index (χ1n) is 5.74. The summed E-state index contributed by atoms with van der Waals surface area (Å²) in [6.45, 7) is 0. The first kappa shape index (κ1) is 10.1. The van der Waals surface area contributed by atoms with Gasteiger partial charge in [0, 0.05) is 11.5 Å². The van der Waals surface area contributed by atoms with E-state index in [-0.39, 0.29) is 11.8 Å². The van der Waals surface area contributed by atoms with Gasteiger partial charge in [0.05, 0.1) is 17.6 Å². The Balaban J connectivity index is 1.86. The van der Waals surface area contributed by atoms with Crippen molar-refractivity contribution < 1.29 is 4.79 Å². The topological polar surface area (TPSA) is 57.8 Å². The van der Waals surface area contributed by atoms with Crippen LogP contribution in [0.5, 0.6) is 0 Å². The average Bonchev–Trinajstić information content (AvgIpc) is 3.12. The molecule has 17 heavy (non-hydrogen) atoms. The molecule has 0 spiro atoms. The lowest BCUT2D eigenvalue weighted by Crippen LogP contribution is -2.13. The molecule has 2 N–H and O–H groups in total. The van der Waals surface area contributed by atoms with Gasteiger partial charge < -0.3 is 5.32 Å². The highest BCUT2D eigenvalue weighted by Crippen LogP contribution is 2.32. The highest BCUT2D eigenvalue weighted by Gasteiger charge is 2.30. The fourth-order valence-corrected chi connectivity index (χ4v) is 1.79. The zero-order valence-corrected chi connectivity index (χ0v) is 9.31. The molecule has 4 heteroatoms. The van der Waals surface area contributed by atoms with Gasteiger partial charge in [-0.3, -0.25) is 9.89 Å². The van der Waals surface area contributed by atoms with Gasteiger partial charge in [-0.25, -0.2) is 0 Å². The highest BCUT2D eigenvalue weighted by atomic mass is 16.2. The molecule has 1 fully saturated rings. The van der Waals surface area contributed by atoms with Gasteiger partial charge >= 0.3 is 0 Å². The van der Waals surface area contributed by atoms with E-state index in [2.05, 4.69) is 15.5 Å². The third kappa shape index (κ3) is 2.06. The van der Waals surface area contributed by atoms with Gasteiger partial charge in [-0.15, -0.1) is 0 Å². The molecule has 86 valence electrons. The molecular formula is C13H13N3O. The molecule has 0 aliphatic heterocycles. The van der Waals surface area contributed by atoms with Crippen molar-refractivity contribution >= 4 is 11.6 Å². The predicted molar refractivity (Wildman–Crippen MR) is 65.4 cm³/mol. The number of amides is 1. The Hall–Kier alpha value is -2.10. The van der Waals surface area contributed by atoms with E-state index in [4.69, 9.17) is 0 Å². The van der Waals surface area contributed by atoms with E-state index in [1.54, 1.807) is 6.20 Å². The number of benzene rings is 1. The summed E-state index contributed by atoms with van der Waals surface area (Å²) < 4.78 is 0. The number of aromatic amines is 1. The van der Waals surface area contributed by atoms with Crippen LogP contribution in [0.3, 0.4) is 0 Å². The monoisotopic (exact) mass is 227 g/mol. The fraction of sp³-hybridized carbons (Fsp3) is 0.231. The molecule has 0 unspecified atom stereocenters. The maximum atomic E-state index is 11.7. The standard InChI is InChI=1S/C13H13N3O/c17-13(10-6-7-10)15-11-8-14-16-12(11)9-4-2-1-3-5-9/h1-5,8,10H,6-7H2,(H,14,16)(H,15,17). The molecule has 1 saturated carbocycles. The number of anilines is 1. The van der Waals surface area contributed by atoms with Crippen molar-refractivity contribution in [3.05, 3.63) is 36.5 Å². The van der Waals surface area contributed by atoms with Crippen molar-refractivity contribution in [2.45, 2.75) is 12.8 Å². The summed E-state index contributed by atoms with van der Waals surface area (Å²) in [5.41, 5.74) is 2.64. The number of nitrogens with one attached hydrogen (secondary N) is 2. The van der Waals surface area contributed by atoms with E-state index in [0.29, 0.717) is 0 Å². The first-order chi connectivity index (χ1) is 8.34. The summed E-state index contributed by atoms with van der Waals surface area (Å²) >= 11 is 0. The van der Waals surface area contributed by atoms with E-state index in [0.717, 1.165) is 29.8 Å². The zero-order valence-electron chi connectivity index (χ0n) is 9.31. The smallest absolute Gasteiger partial charge is 0.227 e. The van der Waals surface area contributed by atoms with Crippen LogP contribution in [0, 0.1) is 5.92 Å². The Bertz CT molecular complexity index is 529. The van der Waals surface area contributed by atoms with Crippen molar-refractivity contribution in [3.8, 4) is 11.3 Å². The average molecular weight is 227 g/mol. The molecule has 1 amide bonds. The lowest BCUT2D eigenvalue weighted by Gasteiger charge is -2.04. The third-order valence-electron chi connectivity index (χ3n) is 2.91. The Morgan fingerprint density at radius 1 is 1.29 bits per heavy atom. The summed E-state index contributed by atoms with van der Waals surface area (Å²) in [4.78, 5) is 11.7. The minimum Gasteiger partial charge on any atom is -0.323 e. The summed E-state index contributed by atoms with van der Waals surface area (Å²) in [5, 5.41) is 9.83. The molecule has 2 aromatic rings. The summed E-state index contributed by atoms with van der Waals surface area (Å²) in [7, 11) is 0. The van der Waals surface area contributed by atoms with Crippen LogP contribution in [0.4, 0.5) is 5.69 Å². The van der Waals surface area contributed by atoms with Crippen LogP contribution >= 0.6 is 0 Å². The molecule has 1 aromatic carbocycles. The van der Waals surface area contributed by atoms with E-state index in [1.165, 1.54) is 0 Å². The molecule has 1 heterocycles. The Labute approximate surface area is 99.1 Å². The molecular weight excluding hydrogens is 214 g/mol. The van der Waals surface area contributed by atoms with E-state index in [1.807, 2.05) is 30.3 Å². The first-order valence-corrected chi connectivity index (χ1v) is 5.74. The van der Waals surface area contributed by atoms with Crippen molar-refractivity contribution in [2.75, 3.05) is 5.32 Å². The van der Waals surface area contributed by atoms with E-state index < -0.39 is 0 Å². The van der Waals surface area contributed by atoms with Gasteiger partial charge in [0.2, 0.25) is 5.91 Å². The highest BCUT2D eigenvalue weighted by molar-refractivity contribution is 5.97. The number of nitrogens with zero attached hydrogens (tertiary/aromatic N) is 1. The number of hydrogen-bond acceptors (Lipinski definition) is 2. The Morgan fingerprint density at radius 3 is 2.76 bits per heavy atom. The van der Waals surface area contributed by atoms with Crippen LogP contribution in [0.25, 0.3) is 11.3 Å². The number of carbonyl (C=O) groups excluding carboxylic acids is 1. The fourth-order valence-electron chi connectivity index (χ4n) is 1.79. The largest absolute Gasteiger partial charge is 0.323 e. The van der Waals surface area contributed by atoms with E-state index in [9.17, 15) is 4.79 Å². The van der Waals surface area contributed by atoms with Gasteiger partial charge in [-0.1, -0.05) is 30.3 Å². The minimum absolute atomic E-state index is 0.101. The van der Waals surface area contributed by atoms with Gasteiger partial charge in [0.25, 0.3) is 0 Å². The van der Waals surface area contributed by atoms with Crippen LogP contribution in [-0.4, -0.2) is 16.1 Å². The van der Waals surface area contributed by atoms with Crippen LogP contribution in [0.15, 0.2) is 36.5 Å². The third-order valence-corrected chi connectivity index (χ3v) is 2.91. The summed E-state index contributed by atoms with van der Waals surface area (Å²) in [6, 6.07) is 9.86. The Morgan fingerprint density at radius 2 is 2.06 bits per heavy atom. The number of aromatic nitrogens is 2. The molecule has 0 bridgehead atoms. The second kappa shape index (κ2) is 4.05. The van der Waals surface area contributed by atoms with Crippen LogP contribution < -0.4 is 5.32 Å². The summed E-state index contributed by atoms with van der Waals surface area (Å²) in [6.07, 6.45) is 3.66. The van der Waals surface area contributed by atoms with Crippen LogP contribution in [-0.2, 0) is 4.79 Å². The molecule has 0 radical (unpaired) electrons. The normalized spacial score (nSPS) is 14.6. The van der Waals surface area contributed by atoms with Gasteiger partial charge in [0.1, 0.15) is 0 Å². The van der Waals surface area contributed by atoms with Crippen molar-refractivity contribution in [1.82, 2.24) is 10.2 Å². The maximum absolute atomic E-state index is 11.7.